The number of nitrogens with zero attached hydrogens (tertiary/aromatic N) is 1. The molecular formula is C15H18N2O7. The number of amides is 1. The predicted molar refractivity (Wildman–Crippen MR) is 82.5 cm³/mol. The number of rotatable bonds is 4. The summed E-state index contributed by atoms with van der Waals surface area (Å²) in [4.78, 5) is 33.8. The predicted octanol–water partition coefficient (Wildman–Crippen LogP) is 1.92. The van der Waals surface area contributed by atoms with E-state index in [1.54, 1.807) is 0 Å². The van der Waals surface area contributed by atoms with Gasteiger partial charge < -0.3 is 20.3 Å². The Kier molecular flexibility index (Phi) is 5.22. The molecule has 1 aromatic carbocycles. The summed E-state index contributed by atoms with van der Waals surface area (Å²) in [6.07, 6.45) is 2.26. The van der Waals surface area contributed by atoms with Crippen LogP contribution in [-0.2, 0) is 14.3 Å². The van der Waals surface area contributed by atoms with Crippen LogP contribution in [0.25, 0.3) is 0 Å². The van der Waals surface area contributed by atoms with Gasteiger partial charge in [-0.1, -0.05) is 6.42 Å². The molecule has 3 N–H and O–H groups in total. The fourth-order valence-corrected chi connectivity index (χ4v) is 2.86. The number of methoxy groups -OCH3 is 1. The minimum Gasteiger partial charge on any atom is -0.506 e. The molecule has 2 unspecified atom stereocenters. The molecule has 0 aromatic heterocycles. The number of esters is 1. The standard InChI is InChI=1S/C15H18N2O7/c1-24-15(21)9-4-2-3-8(5-9)14(20)16-10-6-13(19)11(17(22)23)7-12(10)18/h6-9,18-19H,2-5H2,1H3,(H,16,20). The number of benzene rings is 1. The van der Waals surface area contributed by atoms with Crippen molar-refractivity contribution < 1.29 is 29.5 Å². The first-order valence-electron chi connectivity index (χ1n) is 7.42. The first-order valence-corrected chi connectivity index (χ1v) is 7.42. The van der Waals surface area contributed by atoms with Crippen LogP contribution in [0.15, 0.2) is 12.1 Å². The monoisotopic (exact) mass is 338 g/mol. The fraction of sp³-hybridized carbons (Fsp3) is 0.467. The molecule has 0 aliphatic heterocycles. The van der Waals surface area contributed by atoms with Gasteiger partial charge in [-0.05, 0) is 19.3 Å². The van der Waals surface area contributed by atoms with E-state index in [2.05, 4.69) is 5.32 Å². The molecule has 1 fully saturated rings. The topological polar surface area (TPSA) is 139 Å². The van der Waals surface area contributed by atoms with E-state index in [0.717, 1.165) is 12.1 Å². The minimum atomic E-state index is -0.844. The maximum atomic E-state index is 12.3. The third kappa shape index (κ3) is 3.73. The maximum absolute atomic E-state index is 12.3. The van der Waals surface area contributed by atoms with Gasteiger partial charge in [0.2, 0.25) is 5.91 Å². The number of carbonyl (C=O) groups is 2. The minimum absolute atomic E-state index is 0.122. The summed E-state index contributed by atoms with van der Waals surface area (Å²) in [5, 5.41) is 32.5. The number of hydrogen-bond acceptors (Lipinski definition) is 7. The van der Waals surface area contributed by atoms with E-state index in [1.807, 2.05) is 0 Å². The molecule has 2 atom stereocenters. The van der Waals surface area contributed by atoms with Crippen LogP contribution in [0.3, 0.4) is 0 Å². The molecule has 9 heteroatoms. The molecular weight excluding hydrogens is 320 g/mol. The Morgan fingerprint density at radius 2 is 1.92 bits per heavy atom. The van der Waals surface area contributed by atoms with E-state index in [9.17, 15) is 29.9 Å². The molecule has 0 heterocycles. The number of phenolic OH excluding ortho intramolecular Hbond substituents is 2. The molecule has 130 valence electrons. The van der Waals surface area contributed by atoms with Crippen molar-refractivity contribution >= 4 is 23.3 Å². The first kappa shape index (κ1) is 17.5. The van der Waals surface area contributed by atoms with Crippen molar-refractivity contribution in [3.63, 3.8) is 0 Å². The zero-order valence-corrected chi connectivity index (χ0v) is 13.0. The summed E-state index contributed by atoms with van der Waals surface area (Å²) in [7, 11) is 1.30. The Hall–Kier alpha value is -2.84. The van der Waals surface area contributed by atoms with Crippen molar-refractivity contribution in [2.24, 2.45) is 11.8 Å². The second kappa shape index (κ2) is 7.16. The van der Waals surface area contributed by atoms with Crippen LogP contribution in [0, 0.1) is 22.0 Å². The molecule has 2 rings (SSSR count). The van der Waals surface area contributed by atoms with Gasteiger partial charge in [-0.15, -0.1) is 0 Å². The summed E-state index contributed by atoms with van der Waals surface area (Å²) in [6, 6.07) is 1.69. The number of nitrogens with one attached hydrogen (secondary N) is 1. The van der Waals surface area contributed by atoms with Crippen LogP contribution in [0.4, 0.5) is 11.4 Å². The smallest absolute Gasteiger partial charge is 0.314 e. The highest BCUT2D eigenvalue weighted by Crippen LogP contribution is 2.37. The maximum Gasteiger partial charge on any atom is 0.314 e. The summed E-state index contributed by atoms with van der Waals surface area (Å²) in [5.74, 6) is -2.76. The highest BCUT2D eigenvalue weighted by molar-refractivity contribution is 5.95. The van der Waals surface area contributed by atoms with Crippen LogP contribution < -0.4 is 5.32 Å². The Balaban J connectivity index is 2.11. The molecule has 9 nitrogen and oxygen atoms in total. The number of phenols is 2. The highest BCUT2D eigenvalue weighted by atomic mass is 16.6. The second-order valence-corrected chi connectivity index (χ2v) is 5.69. The van der Waals surface area contributed by atoms with Crippen LogP contribution >= 0.6 is 0 Å². The number of nitro benzene ring substituents is 1. The quantitative estimate of drug-likeness (QED) is 0.250. The normalized spacial score (nSPS) is 20.2. The zero-order chi connectivity index (χ0) is 17.9. The van der Waals surface area contributed by atoms with E-state index >= 15 is 0 Å². The lowest BCUT2D eigenvalue weighted by atomic mass is 9.81. The Labute approximate surface area is 137 Å². The van der Waals surface area contributed by atoms with Gasteiger partial charge in [0.15, 0.2) is 5.75 Å². The van der Waals surface area contributed by atoms with Crippen LogP contribution in [-0.4, -0.2) is 34.1 Å². The molecule has 1 saturated carbocycles. The van der Waals surface area contributed by atoms with Gasteiger partial charge in [-0.2, -0.15) is 0 Å². The number of aromatic hydroxyl groups is 2. The van der Waals surface area contributed by atoms with Gasteiger partial charge >= 0.3 is 11.7 Å². The largest absolute Gasteiger partial charge is 0.506 e. The van der Waals surface area contributed by atoms with Crippen molar-refractivity contribution in [1.29, 1.82) is 0 Å². The van der Waals surface area contributed by atoms with E-state index in [1.165, 1.54) is 7.11 Å². The summed E-state index contributed by atoms with van der Waals surface area (Å²) < 4.78 is 4.70. The zero-order valence-electron chi connectivity index (χ0n) is 13.0. The number of hydrogen-bond donors (Lipinski definition) is 3. The van der Waals surface area contributed by atoms with Gasteiger partial charge in [-0.3, -0.25) is 19.7 Å². The van der Waals surface area contributed by atoms with Crippen LogP contribution in [0.5, 0.6) is 11.5 Å². The van der Waals surface area contributed by atoms with Crippen molar-refractivity contribution in [2.75, 3.05) is 12.4 Å². The van der Waals surface area contributed by atoms with Gasteiger partial charge in [-0.25, -0.2) is 0 Å². The number of carbonyl (C=O) groups excluding carboxylic acids is 2. The SMILES string of the molecule is COC(=O)C1CCCC(C(=O)Nc2cc(O)c([N+](=O)[O-])cc2O)C1. The summed E-state index contributed by atoms with van der Waals surface area (Å²) >= 11 is 0. The lowest BCUT2D eigenvalue weighted by molar-refractivity contribution is -0.385. The van der Waals surface area contributed by atoms with Gasteiger partial charge in [0.1, 0.15) is 5.75 Å². The molecule has 0 saturated heterocycles. The number of nitro groups is 1. The Bertz CT molecular complexity index is 674. The van der Waals surface area contributed by atoms with E-state index < -0.39 is 33.9 Å². The third-order valence-corrected chi connectivity index (χ3v) is 4.13. The molecule has 0 bridgehead atoms. The lowest BCUT2D eigenvalue weighted by Crippen LogP contribution is -2.31. The van der Waals surface area contributed by atoms with Crippen molar-refractivity contribution in [2.45, 2.75) is 25.7 Å². The molecule has 1 aliphatic rings. The van der Waals surface area contributed by atoms with Crippen molar-refractivity contribution in [3.8, 4) is 11.5 Å². The molecule has 1 aromatic rings. The average molecular weight is 338 g/mol. The fourth-order valence-electron chi connectivity index (χ4n) is 2.86. The Morgan fingerprint density at radius 1 is 1.25 bits per heavy atom. The van der Waals surface area contributed by atoms with Gasteiger partial charge in [0.05, 0.1) is 29.7 Å². The molecule has 1 amide bonds. The molecule has 1 aliphatic carbocycles. The molecule has 0 radical (unpaired) electrons. The number of anilines is 1. The van der Waals surface area contributed by atoms with E-state index in [4.69, 9.17) is 4.74 Å². The van der Waals surface area contributed by atoms with Gasteiger partial charge in [0.25, 0.3) is 0 Å². The third-order valence-electron chi connectivity index (χ3n) is 4.13. The molecule has 0 spiro atoms. The van der Waals surface area contributed by atoms with Crippen LogP contribution in [0.2, 0.25) is 0 Å². The summed E-state index contributed by atoms with van der Waals surface area (Å²) in [5.41, 5.74) is -0.780. The van der Waals surface area contributed by atoms with Crippen molar-refractivity contribution in [3.05, 3.63) is 22.2 Å². The van der Waals surface area contributed by atoms with Crippen LogP contribution in [0.1, 0.15) is 25.7 Å². The lowest BCUT2D eigenvalue weighted by Gasteiger charge is -2.26. The second-order valence-electron chi connectivity index (χ2n) is 5.69. The number of ether oxygens (including phenoxy) is 1. The average Bonchev–Trinajstić information content (AvgIpc) is 2.56. The van der Waals surface area contributed by atoms with E-state index in [0.29, 0.717) is 25.7 Å². The van der Waals surface area contributed by atoms with Crippen molar-refractivity contribution in [1.82, 2.24) is 0 Å². The van der Waals surface area contributed by atoms with E-state index in [-0.39, 0.29) is 17.6 Å². The highest BCUT2D eigenvalue weighted by Gasteiger charge is 2.32. The molecule has 24 heavy (non-hydrogen) atoms. The van der Waals surface area contributed by atoms with Gasteiger partial charge in [0, 0.05) is 12.0 Å². The summed E-state index contributed by atoms with van der Waals surface area (Å²) in [6.45, 7) is 0. The first-order chi connectivity index (χ1) is 11.3. The Morgan fingerprint density at radius 3 is 2.54 bits per heavy atom.